The van der Waals surface area contributed by atoms with Gasteiger partial charge in [-0.2, -0.15) is 0 Å². The molecule has 1 aromatic carbocycles. The molecule has 0 saturated carbocycles. The van der Waals surface area contributed by atoms with Gasteiger partial charge in [-0.15, -0.1) is 0 Å². The number of phenols is 1. The quantitative estimate of drug-likeness (QED) is 0.796. The van der Waals surface area contributed by atoms with Gasteiger partial charge >= 0.3 is 0 Å². The highest BCUT2D eigenvalue weighted by Gasteiger charge is 2.25. The summed E-state index contributed by atoms with van der Waals surface area (Å²) in [6, 6.07) is 4.54. The molecule has 0 aromatic heterocycles. The number of nitrogens with one attached hydrogen (secondary N) is 1. The maximum Gasteiger partial charge on any atom is 0.254 e. The van der Waals surface area contributed by atoms with Crippen molar-refractivity contribution in [3.63, 3.8) is 0 Å². The molecule has 1 aliphatic heterocycles. The predicted molar refractivity (Wildman–Crippen MR) is 69.0 cm³/mol. The number of rotatable bonds is 2. The van der Waals surface area contributed by atoms with Gasteiger partial charge in [0.2, 0.25) is 0 Å². The number of aromatic hydroxyl groups is 1. The van der Waals surface area contributed by atoms with Crippen molar-refractivity contribution in [2.75, 3.05) is 32.1 Å². The van der Waals surface area contributed by atoms with Crippen LogP contribution < -0.4 is 5.32 Å². The highest BCUT2D eigenvalue weighted by atomic mass is 35.5. The molecule has 0 unspecified atom stereocenters. The molecule has 0 bridgehead atoms. The third-order valence-electron chi connectivity index (χ3n) is 2.78. The zero-order valence-corrected chi connectivity index (χ0v) is 10.8. The van der Waals surface area contributed by atoms with Crippen LogP contribution in [0.25, 0.3) is 0 Å². The number of benzene rings is 1. The van der Waals surface area contributed by atoms with E-state index in [0.29, 0.717) is 23.9 Å². The van der Waals surface area contributed by atoms with E-state index in [1.165, 1.54) is 6.07 Å². The fourth-order valence-corrected chi connectivity index (χ4v) is 1.93. The summed E-state index contributed by atoms with van der Waals surface area (Å²) >= 11 is 5.72. The van der Waals surface area contributed by atoms with Crippen molar-refractivity contribution in [1.82, 2.24) is 4.90 Å². The summed E-state index contributed by atoms with van der Waals surface area (Å²) in [5, 5.41) is 12.7. The zero-order chi connectivity index (χ0) is 13.1. The normalized spacial score (nSPS) is 20.7. The molecular weight excluding hydrogens is 256 g/mol. The van der Waals surface area contributed by atoms with Crippen LogP contribution in [-0.4, -0.2) is 48.8 Å². The van der Waals surface area contributed by atoms with E-state index in [1.54, 1.807) is 12.1 Å². The van der Waals surface area contributed by atoms with Gasteiger partial charge in [-0.3, -0.25) is 4.79 Å². The standard InChI is InChI=1S/C12H15ClN2O3/c1-15-4-5-18-11(7-15)12(17)14-9-3-2-8(13)6-10(9)16/h2-3,6,11,16H,4-5,7H2,1H3,(H,14,17)/t11-/m0/s1. The van der Waals surface area contributed by atoms with E-state index in [0.717, 1.165) is 6.54 Å². The van der Waals surface area contributed by atoms with Crippen LogP contribution in [-0.2, 0) is 9.53 Å². The number of ether oxygens (including phenoxy) is 1. The summed E-state index contributed by atoms with van der Waals surface area (Å²) in [4.78, 5) is 14.0. The number of hydrogen-bond acceptors (Lipinski definition) is 4. The van der Waals surface area contributed by atoms with E-state index in [2.05, 4.69) is 5.32 Å². The minimum Gasteiger partial charge on any atom is -0.506 e. The van der Waals surface area contributed by atoms with Crippen molar-refractivity contribution in [3.8, 4) is 5.75 Å². The first kappa shape index (κ1) is 13.1. The summed E-state index contributed by atoms with van der Waals surface area (Å²) in [6.07, 6.45) is -0.515. The minimum absolute atomic E-state index is 0.0555. The van der Waals surface area contributed by atoms with Crippen molar-refractivity contribution in [1.29, 1.82) is 0 Å². The van der Waals surface area contributed by atoms with Crippen molar-refractivity contribution >= 4 is 23.2 Å². The van der Waals surface area contributed by atoms with Gasteiger partial charge in [-0.05, 0) is 19.2 Å². The molecule has 5 nitrogen and oxygen atoms in total. The molecule has 0 aliphatic carbocycles. The molecule has 0 radical (unpaired) electrons. The number of phenolic OH excluding ortho intramolecular Hbond substituents is 1. The number of carbonyl (C=O) groups excluding carboxylic acids is 1. The molecule has 2 N–H and O–H groups in total. The second-order valence-electron chi connectivity index (χ2n) is 4.27. The van der Waals surface area contributed by atoms with Crippen LogP contribution in [0.2, 0.25) is 5.02 Å². The van der Waals surface area contributed by atoms with Gasteiger partial charge in [-0.25, -0.2) is 0 Å². The van der Waals surface area contributed by atoms with Crippen molar-refractivity contribution < 1.29 is 14.6 Å². The van der Waals surface area contributed by atoms with Gasteiger partial charge in [0.05, 0.1) is 12.3 Å². The molecule has 1 heterocycles. The fraction of sp³-hybridized carbons (Fsp3) is 0.417. The Balaban J connectivity index is 2.02. The van der Waals surface area contributed by atoms with Crippen molar-refractivity contribution in [2.24, 2.45) is 0 Å². The summed E-state index contributed by atoms with van der Waals surface area (Å²) in [6.45, 7) is 1.89. The highest BCUT2D eigenvalue weighted by molar-refractivity contribution is 6.30. The van der Waals surface area contributed by atoms with E-state index in [1.807, 2.05) is 11.9 Å². The molecule has 1 saturated heterocycles. The number of likely N-dealkylation sites (N-methyl/N-ethyl adjacent to an activating group) is 1. The monoisotopic (exact) mass is 270 g/mol. The maximum absolute atomic E-state index is 11.9. The third-order valence-corrected chi connectivity index (χ3v) is 3.01. The molecule has 1 aliphatic rings. The number of hydrogen-bond donors (Lipinski definition) is 2. The molecule has 98 valence electrons. The minimum atomic E-state index is -0.515. The number of nitrogens with zero attached hydrogens (tertiary/aromatic N) is 1. The Morgan fingerprint density at radius 2 is 2.39 bits per heavy atom. The number of halogens is 1. The Bertz CT molecular complexity index is 453. The van der Waals surface area contributed by atoms with Crippen LogP contribution in [0, 0.1) is 0 Å². The average molecular weight is 271 g/mol. The first-order valence-electron chi connectivity index (χ1n) is 5.66. The average Bonchev–Trinajstić information content (AvgIpc) is 2.32. The van der Waals surface area contributed by atoms with Crippen LogP contribution in [0.4, 0.5) is 5.69 Å². The number of morpholine rings is 1. The van der Waals surface area contributed by atoms with Crippen LogP contribution in [0.15, 0.2) is 18.2 Å². The Labute approximate surface area is 110 Å². The van der Waals surface area contributed by atoms with Gasteiger partial charge in [0, 0.05) is 24.2 Å². The topological polar surface area (TPSA) is 61.8 Å². The van der Waals surface area contributed by atoms with E-state index in [9.17, 15) is 9.90 Å². The van der Waals surface area contributed by atoms with Gasteiger partial charge in [0.1, 0.15) is 11.9 Å². The van der Waals surface area contributed by atoms with Gasteiger partial charge in [-0.1, -0.05) is 11.6 Å². The predicted octanol–water partition coefficient (Wildman–Crippen LogP) is 1.31. The molecule has 1 amide bonds. The third kappa shape index (κ3) is 3.13. The molecule has 18 heavy (non-hydrogen) atoms. The van der Waals surface area contributed by atoms with Crippen molar-refractivity contribution in [3.05, 3.63) is 23.2 Å². The lowest BCUT2D eigenvalue weighted by molar-refractivity contribution is -0.132. The van der Waals surface area contributed by atoms with Crippen LogP contribution in [0.1, 0.15) is 0 Å². The largest absolute Gasteiger partial charge is 0.506 e. The zero-order valence-electron chi connectivity index (χ0n) is 10.0. The molecule has 6 heteroatoms. The van der Waals surface area contributed by atoms with Gasteiger partial charge in [0.15, 0.2) is 0 Å². The highest BCUT2D eigenvalue weighted by Crippen LogP contribution is 2.26. The molecular formula is C12H15ClN2O3. The van der Waals surface area contributed by atoms with E-state index in [-0.39, 0.29) is 11.7 Å². The molecule has 0 spiro atoms. The van der Waals surface area contributed by atoms with Crippen LogP contribution in [0.3, 0.4) is 0 Å². The molecule has 1 fully saturated rings. The van der Waals surface area contributed by atoms with E-state index < -0.39 is 6.10 Å². The Hall–Kier alpha value is -1.30. The van der Waals surface area contributed by atoms with E-state index >= 15 is 0 Å². The first-order valence-corrected chi connectivity index (χ1v) is 6.03. The Morgan fingerprint density at radius 1 is 1.61 bits per heavy atom. The summed E-state index contributed by atoms with van der Waals surface area (Å²) < 4.78 is 5.38. The summed E-state index contributed by atoms with van der Waals surface area (Å²) in [5.74, 6) is -0.320. The van der Waals surface area contributed by atoms with Gasteiger partial charge in [0.25, 0.3) is 5.91 Å². The van der Waals surface area contributed by atoms with Gasteiger partial charge < -0.3 is 20.1 Å². The fourth-order valence-electron chi connectivity index (χ4n) is 1.76. The lowest BCUT2D eigenvalue weighted by Crippen LogP contribution is -2.46. The Kier molecular flexibility index (Phi) is 4.06. The summed E-state index contributed by atoms with van der Waals surface area (Å²) in [5.41, 5.74) is 0.334. The first-order chi connectivity index (χ1) is 8.56. The number of anilines is 1. The smallest absolute Gasteiger partial charge is 0.254 e. The second kappa shape index (κ2) is 5.56. The van der Waals surface area contributed by atoms with Crippen molar-refractivity contribution in [2.45, 2.75) is 6.10 Å². The molecule has 1 atom stereocenters. The number of amides is 1. The molecule has 2 rings (SSSR count). The van der Waals surface area contributed by atoms with Crippen LogP contribution >= 0.6 is 11.6 Å². The lowest BCUT2D eigenvalue weighted by Gasteiger charge is -2.29. The number of carbonyl (C=O) groups is 1. The SMILES string of the molecule is CN1CCO[C@H](C(=O)Nc2ccc(Cl)cc2O)C1. The van der Waals surface area contributed by atoms with Crippen LogP contribution in [0.5, 0.6) is 5.75 Å². The Morgan fingerprint density at radius 3 is 3.06 bits per heavy atom. The lowest BCUT2D eigenvalue weighted by atomic mass is 10.2. The summed E-state index contributed by atoms with van der Waals surface area (Å²) in [7, 11) is 1.93. The molecule has 1 aromatic rings. The second-order valence-corrected chi connectivity index (χ2v) is 4.71. The maximum atomic E-state index is 11.9. The van der Waals surface area contributed by atoms with E-state index in [4.69, 9.17) is 16.3 Å².